The summed E-state index contributed by atoms with van der Waals surface area (Å²) in [6.45, 7) is 2.83. The fourth-order valence-corrected chi connectivity index (χ4v) is 2.18. The minimum absolute atomic E-state index is 0.429. The normalized spacial score (nSPS) is 10.2. The summed E-state index contributed by atoms with van der Waals surface area (Å²) in [7, 11) is 2.03. The molecule has 1 heterocycles. The van der Waals surface area contributed by atoms with E-state index in [1.807, 2.05) is 37.5 Å². The van der Waals surface area contributed by atoms with Crippen LogP contribution in [0.5, 0.6) is 0 Å². The SMILES string of the molecule is Cc1cccnc1N(C)Cc1cccc(C(N)=S)c1. The maximum atomic E-state index is 5.65. The summed E-state index contributed by atoms with van der Waals surface area (Å²) in [5, 5.41) is 0. The van der Waals surface area contributed by atoms with Gasteiger partial charge in [-0.2, -0.15) is 0 Å². The van der Waals surface area contributed by atoms with Gasteiger partial charge in [-0.05, 0) is 30.2 Å². The number of pyridine rings is 1. The summed E-state index contributed by atoms with van der Waals surface area (Å²) in [6, 6.07) is 12.0. The van der Waals surface area contributed by atoms with Crippen molar-refractivity contribution in [2.75, 3.05) is 11.9 Å². The molecule has 0 saturated carbocycles. The number of rotatable bonds is 4. The van der Waals surface area contributed by atoms with Crippen LogP contribution in [0, 0.1) is 6.92 Å². The van der Waals surface area contributed by atoms with Crippen LogP contribution in [0.15, 0.2) is 42.6 Å². The predicted molar refractivity (Wildman–Crippen MR) is 83.4 cm³/mol. The average Bonchev–Trinajstić information content (AvgIpc) is 2.39. The Morgan fingerprint density at radius 2 is 2.11 bits per heavy atom. The number of anilines is 1. The van der Waals surface area contributed by atoms with Gasteiger partial charge in [0.2, 0.25) is 0 Å². The molecule has 0 fully saturated rings. The van der Waals surface area contributed by atoms with Gasteiger partial charge >= 0.3 is 0 Å². The van der Waals surface area contributed by atoms with Gasteiger partial charge in [-0.15, -0.1) is 0 Å². The van der Waals surface area contributed by atoms with Gasteiger partial charge in [0.25, 0.3) is 0 Å². The van der Waals surface area contributed by atoms with E-state index >= 15 is 0 Å². The highest BCUT2D eigenvalue weighted by molar-refractivity contribution is 7.80. The molecule has 0 spiro atoms. The molecule has 0 atom stereocenters. The zero-order valence-electron chi connectivity index (χ0n) is 11.1. The summed E-state index contributed by atoms with van der Waals surface area (Å²) in [6.07, 6.45) is 1.81. The highest BCUT2D eigenvalue weighted by atomic mass is 32.1. The number of aryl methyl sites for hydroxylation is 1. The lowest BCUT2D eigenvalue weighted by molar-refractivity contribution is 0.890. The van der Waals surface area contributed by atoms with E-state index in [2.05, 4.69) is 28.9 Å². The Balaban J connectivity index is 2.19. The lowest BCUT2D eigenvalue weighted by atomic mass is 10.1. The quantitative estimate of drug-likeness (QED) is 0.868. The molecule has 2 aromatic rings. The highest BCUT2D eigenvalue weighted by Crippen LogP contribution is 2.17. The fourth-order valence-electron chi connectivity index (χ4n) is 2.05. The van der Waals surface area contributed by atoms with Crippen molar-refractivity contribution in [2.45, 2.75) is 13.5 Å². The molecule has 0 radical (unpaired) electrons. The van der Waals surface area contributed by atoms with Crippen LogP contribution in [0.1, 0.15) is 16.7 Å². The van der Waals surface area contributed by atoms with Crippen LogP contribution in [0.2, 0.25) is 0 Å². The van der Waals surface area contributed by atoms with Crippen molar-refractivity contribution in [1.82, 2.24) is 4.98 Å². The van der Waals surface area contributed by atoms with Gasteiger partial charge < -0.3 is 10.6 Å². The molecular formula is C15H17N3S. The van der Waals surface area contributed by atoms with Crippen molar-refractivity contribution in [2.24, 2.45) is 5.73 Å². The first-order valence-electron chi connectivity index (χ1n) is 6.09. The first kappa shape index (κ1) is 13.5. The minimum Gasteiger partial charge on any atom is -0.389 e. The smallest absolute Gasteiger partial charge is 0.131 e. The van der Waals surface area contributed by atoms with Crippen LogP contribution >= 0.6 is 12.2 Å². The zero-order chi connectivity index (χ0) is 13.8. The van der Waals surface area contributed by atoms with Crippen molar-refractivity contribution in [3.63, 3.8) is 0 Å². The van der Waals surface area contributed by atoms with Crippen LogP contribution in [0.4, 0.5) is 5.82 Å². The highest BCUT2D eigenvalue weighted by Gasteiger charge is 2.07. The Hall–Kier alpha value is -1.94. The Labute approximate surface area is 119 Å². The van der Waals surface area contributed by atoms with E-state index in [0.717, 1.165) is 29.1 Å². The Morgan fingerprint density at radius 1 is 1.32 bits per heavy atom. The first-order chi connectivity index (χ1) is 9.08. The molecule has 2 rings (SSSR count). The van der Waals surface area contributed by atoms with Gasteiger partial charge in [0, 0.05) is 25.4 Å². The summed E-state index contributed by atoms with van der Waals surface area (Å²) in [4.78, 5) is 6.96. The monoisotopic (exact) mass is 271 g/mol. The number of thiocarbonyl (C=S) groups is 1. The molecule has 0 aliphatic rings. The Bertz CT molecular complexity index is 595. The van der Waals surface area contributed by atoms with Gasteiger partial charge in [-0.1, -0.05) is 36.5 Å². The second kappa shape index (κ2) is 5.80. The minimum atomic E-state index is 0.429. The molecule has 4 heteroatoms. The zero-order valence-corrected chi connectivity index (χ0v) is 11.9. The van der Waals surface area contributed by atoms with Gasteiger partial charge in [0.05, 0.1) is 0 Å². The van der Waals surface area contributed by atoms with Crippen molar-refractivity contribution >= 4 is 23.0 Å². The lowest BCUT2D eigenvalue weighted by Gasteiger charge is -2.20. The van der Waals surface area contributed by atoms with Gasteiger partial charge in [-0.3, -0.25) is 0 Å². The van der Waals surface area contributed by atoms with Crippen LogP contribution in [-0.4, -0.2) is 17.0 Å². The van der Waals surface area contributed by atoms with Crippen molar-refractivity contribution < 1.29 is 0 Å². The molecule has 0 saturated heterocycles. The second-order valence-corrected chi connectivity index (χ2v) is 5.00. The van der Waals surface area contributed by atoms with Crippen LogP contribution < -0.4 is 10.6 Å². The molecule has 98 valence electrons. The summed E-state index contributed by atoms with van der Waals surface area (Å²) in [5.41, 5.74) is 8.88. The molecular weight excluding hydrogens is 254 g/mol. The van der Waals surface area contributed by atoms with Crippen LogP contribution in [-0.2, 0) is 6.54 Å². The molecule has 1 aromatic heterocycles. The average molecular weight is 271 g/mol. The molecule has 19 heavy (non-hydrogen) atoms. The summed E-state index contributed by atoms with van der Waals surface area (Å²) >= 11 is 5.00. The van der Waals surface area contributed by atoms with E-state index in [1.54, 1.807) is 0 Å². The Kier molecular flexibility index (Phi) is 4.12. The van der Waals surface area contributed by atoms with Crippen LogP contribution in [0.3, 0.4) is 0 Å². The molecule has 0 aliphatic heterocycles. The molecule has 0 aliphatic carbocycles. The number of hydrogen-bond donors (Lipinski definition) is 1. The largest absolute Gasteiger partial charge is 0.389 e. The topological polar surface area (TPSA) is 42.2 Å². The van der Waals surface area contributed by atoms with Gasteiger partial charge in [0.15, 0.2) is 0 Å². The molecule has 0 unspecified atom stereocenters. The molecule has 0 amide bonds. The molecule has 3 nitrogen and oxygen atoms in total. The third-order valence-corrected chi connectivity index (χ3v) is 3.21. The van der Waals surface area contributed by atoms with E-state index < -0.39 is 0 Å². The second-order valence-electron chi connectivity index (χ2n) is 4.56. The van der Waals surface area contributed by atoms with Crippen LogP contribution in [0.25, 0.3) is 0 Å². The molecule has 1 aromatic carbocycles. The molecule has 2 N–H and O–H groups in total. The third-order valence-electron chi connectivity index (χ3n) is 2.97. The van der Waals surface area contributed by atoms with E-state index in [1.165, 1.54) is 0 Å². The first-order valence-corrected chi connectivity index (χ1v) is 6.50. The maximum Gasteiger partial charge on any atom is 0.131 e. The number of benzene rings is 1. The van der Waals surface area contributed by atoms with Gasteiger partial charge in [-0.25, -0.2) is 4.98 Å². The van der Waals surface area contributed by atoms with E-state index in [4.69, 9.17) is 18.0 Å². The summed E-state index contributed by atoms with van der Waals surface area (Å²) < 4.78 is 0. The standard InChI is InChI=1S/C15H17N3S/c1-11-5-4-8-17-15(11)18(2)10-12-6-3-7-13(9-12)14(16)19/h3-9H,10H2,1-2H3,(H2,16,19). The maximum absolute atomic E-state index is 5.65. The van der Waals surface area contributed by atoms with Crippen molar-refractivity contribution in [3.05, 3.63) is 59.3 Å². The number of hydrogen-bond acceptors (Lipinski definition) is 3. The Morgan fingerprint density at radius 3 is 2.79 bits per heavy atom. The number of nitrogens with two attached hydrogens (primary N) is 1. The number of nitrogens with zero attached hydrogens (tertiary/aromatic N) is 2. The third kappa shape index (κ3) is 3.29. The van der Waals surface area contributed by atoms with Gasteiger partial charge in [0.1, 0.15) is 10.8 Å². The number of aromatic nitrogens is 1. The van der Waals surface area contributed by atoms with E-state index in [9.17, 15) is 0 Å². The van der Waals surface area contributed by atoms with E-state index in [-0.39, 0.29) is 0 Å². The lowest BCUT2D eigenvalue weighted by Crippen LogP contribution is -2.19. The molecule has 0 bridgehead atoms. The summed E-state index contributed by atoms with van der Waals surface area (Å²) in [5.74, 6) is 0.989. The van der Waals surface area contributed by atoms with Crippen molar-refractivity contribution in [1.29, 1.82) is 0 Å². The van der Waals surface area contributed by atoms with E-state index in [0.29, 0.717) is 4.99 Å². The fraction of sp³-hybridized carbons (Fsp3) is 0.200. The predicted octanol–water partition coefficient (Wildman–Crippen LogP) is 2.66. The van der Waals surface area contributed by atoms with Crippen molar-refractivity contribution in [3.8, 4) is 0 Å².